The minimum absolute atomic E-state index is 0.0211. The Hall–Kier alpha value is -2.29. The summed E-state index contributed by atoms with van der Waals surface area (Å²) in [7, 11) is 1.65. The Balaban J connectivity index is 2.27. The van der Waals surface area contributed by atoms with Crippen molar-refractivity contribution < 1.29 is 9.53 Å². The van der Waals surface area contributed by atoms with Gasteiger partial charge in [0.1, 0.15) is 5.75 Å². The second kappa shape index (κ2) is 6.24. The summed E-state index contributed by atoms with van der Waals surface area (Å²) in [5, 5.41) is 2.91. The van der Waals surface area contributed by atoms with Crippen LogP contribution >= 0.6 is 0 Å². The lowest BCUT2D eigenvalue weighted by Gasteiger charge is -2.10. The van der Waals surface area contributed by atoms with Crippen LogP contribution in [0.25, 0.3) is 11.1 Å². The van der Waals surface area contributed by atoms with E-state index in [0.717, 1.165) is 22.6 Å². The minimum Gasteiger partial charge on any atom is -0.497 e. The lowest BCUT2D eigenvalue weighted by Crippen LogP contribution is -2.17. The van der Waals surface area contributed by atoms with Gasteiger partial charge in [-0.25, -0.2) is 0 Å². The summed E-state index contributed by atoms with van der Waals surface area (Å²) in [6.07, 6.45) is 0. The van der Waals surface area contributed by atoms with E-state index in [0.29, 0.717) is 0 Å². The smallest absolute Gasteiger partial charge is 0.226 e. The molecule has 0 atom stereocenters. The zero-order chi connectivity index (χ0) is 14.5. The standard InChI is InChI=1S/C17H19NO2/c1-12(2)17(19)18-15-8-4-6-13(10-15)14-7-5-9-16(11-14)20-3/h4-12H,1-3H3,(H,18,19). The fourth-order valence-corrected chi connectivity index (χ4v) is 1.87. The highest BCUT2D eigenvalue weighted by molar-refractivity contribution is 5.92. The number of benzene rings is 2. The van der Waals surface area contributed by atoms with E-state index in [-0.39, 0.29) is 11.8 Å². The van der Waals surface area contributed by atoms with Gasteiger partial charge in [0.2, 0.25) is 5.91 Å². The molecule has 0 aliphatic rings. The van der Waals surface area contributed by atoms with E-state index in [2.05, 4.69) is 5.32 Å². The third-order valence-electron chi connectivity index (χ3n) is 3.06. The van der Waals surface area contributed by atoms with E-state index in [9.17, 15) is 4.79 Å². The molecule has 0 saturated carbocycles. The molecule has 0 aromatic heterocycles. The summed E-state index contributed by atoms with van der Waals surface area (Å²) in [5.41, 5.74) is 2.92. The fraction of sp³-hybridized carbons (Fsp3) is 0.235. The summed E-state index contributed by atoms with van der Waals surface area (Å²) < 4.78 is 5.23. The van der Waals surface area contributed by atoms with Crippen molar-refractivity contribution in [2.24, 2.45) is 5.92 Å². The molecular formula is C17H19NO2. The van der Waals surface area contributed by atoms with Gasteiger partial charge in [0, 0.05) is 11.6 Å². The zero-order valence-corrected chi connectivity index (χ0v) is 12.0. The SMILES string of the molecule is COc1cccc(-c2cccc(NC(=O)C(C)C)c2)c1. The highest BCUT2D eigenvalue weighted by Gasteiger charge is 2.07. The average Bonchev–Trinajstić information content (AvgIpc) is 2.47. The van der Waals surface area contributed by atoms with Crippen molar-refractivity contribution in [2.75, 3.05) is 12.4 Å². The predicted molar refractivity (Wildman–Crippen MR) is 81.9 cm³/mol. The summed E-state index contributed by atoms with van der Waals surface area (Å²) in [6.45, 7) is 3.75. The lowest BCUT2D eigenvalue weighted by atomic mass is 10.0. The third kappa shape index (κ3) is 3.38. The zero-order valence-electron chi connectivity index (χ0n) is 12.0. The van der Waals surface area contributed by atoms with Gasteiger partial charge < -0.3 is 10.1 Å². The van der Waals surface area contributed by atoms with Gasteiger partial charge in [-0.05, 0) is 35.4 Å². The van der Waals surface area contributed by atoms with Crippen LogP contribution in [0, 0.1) is 5.92 Å². The maximum atomic E-state index is 11.7. The van der Waals surface area contributed by atoms with E-state index in [1.165, 1.54) is 0 Å². The molecule has 0 heterocycles. The second-order valence-corrected chi connectivity index (χ2v) is 4.96. The number of amides is 1. The molecule has 20 heavy (non-hydrogen) atoms. The molecule has 0 saturated heterocycles. The van der Waals surface area contributed by atoms with Crippen molar-refractivity contribution in [3.05, 3.63) is 48.5 Å². The Morgan fingerprint density at radius 1 is 1.05 bits per heavy atom. The van der Waals surface area contributed by atoms with Crippen LogP contribution in [0.4, 0.5) is 5.69 Å². The predicted octanol–water partition coefficient (Wildman–Crippen LogP) is 3.96. The maximum absolute atomic E-state index is 11.7. The number of methoxy groups -OCH3 is 1. The number of anilines is 1. The molecule has 0 aliphatic heterocycles. The fourth-order valence-electron chi connectivity index (χ4n) is 1.87. The Morgan fingerprint density at radius 2 is 1.70 bits per heavy atom. The van der Waals surface area contributed by atoms with Crippen molar-refractivity contribution in [2.45, 2.75) is 13.8 Å². The van der Waals surface area contributed by atoms with Crippen LogP contribution in [0.15, 0.2) is 48.5 Å². The van der Waals surface area contributed by atoms with E-state index in [1.807, 2.05) is 62.4 Å². The molecule has 2 aromatic carbocycles. The van der Waals surface area contributed by atoms with Crippen LogP contribution in [-0.4, -0.2) is 13.0 Å². The number of carbonyl (C=O) groups excluding carboxylic acids is 1. The van der Waals surface area contributed by atoms with E-state index >= 15 is 0 Å². The van der Waals surface area contributed by atoms with Gasteiger partial charge in [0.05, 0.1) is 7.11 Å². The number of ether oxygens (including phenoxy) is 1. The summed E-state index contributed by atoms with van der Waals surface area (Å²) >= 11 is 0. The van der Waals surface area contributed by atoms with E-state index in [4.69, 9.17) is 4.74 Å². The van der Waals surface area contributed by atoms with Crippen molar-refractivity contribution in [3.63, 3.8) is 0 Å². The van der Waals surface area contributed by atoms with Gasteiger partial charge in [-0.15, -0.1) is 0 Å². The van der Waals surface area contributed by atoms with Gasteiger partial charge in [0.25, 0.3) is 0 Å². The summed E-state index contributed by atoms with van der Waals surface area (Å²) in [4.78, 5) is 11.7. The van der Waals surface area contributed by atoms with Gasteiger partial charge in [-0.2, -0.15) is 0 Å². The van der Waals surface area contributed by atoms with Crippen LogP contribution in [0.5, 0.6) is 5.75 Å². The molecule has 0 bridgehead atoms. The molecule has 3 heteroatoms. The number of rotatable bonds is 4. The second-order valence-electron chi connectivity index (χ2n) is 4.96. The van der Waals surface area contributed by atoms with E-state index < -0.39 is 0 Å². The molecule has 1 N–H and O–H groups in total. The number of carbonyl (C=O) groups is 1. The van der Waals surface area contributed by atoms with Crippen LogP contribution in [0.3, 0.4) is 0 Å². The molecule has 0 fully saturated rings. The summed E-state index contributed by atoms with van der Waals surface area (Å²) in [6, 6.07) is 15.7. The first-order chi connectivity index (χ1) is 9.60. The highest BCUT2D eigenvalue weighted by atomic mass is 16.5. The number of hydrogen-bond donors (Lipinski definition) is 1. The van der Waals surface area contributed by atoms with Crippen LogP contribution in [0.1, 0.15) is 13.8 Å². The van der Waals surface area contributed by atoms with Crippen molar-refractivity contribution in [1.29, 1.82) is 0 Å². The molecule has 0 radical (unpaired) electrons. The van der Waals surface area contributed by atoms with Crippen LogP contribution in [-0.2, 0) is 4.79 Å². The Labute approximate surface area is 119 Å². The molecule has 0 spiro atoms. The van der Waals surface area contributed by atoms with Gasteiger partial charge in [0.15, 0.2) is 0 Å². The summed E-state index contributed by atoms with van der Waals surface area (Å²) in [5.74, 6) is 0.808. The molecule has 3 nitrogen and oxygen atoms in total. The van der Waals surface area contributed by atoms with Crippen LogP contribution < -0.4 is 10.1 Å². The number of nitrogens with one attached hydrogen (secondary N) is 1. The highest BCUT2D eigenvalue weighted by Crippen LogP contribution is 2.26. The first-order valence-electron chi connectivity index (χ1n) is 6.65. The van der Waals surface area contributed by atoms with Gasteiger partial charge in [-0.3, -0.25) is 4.79 Å². The molecule has 2 aromatic rings. The normalized spacial score (nSPS) is 10.4. The van der Waals surface area contributed by atoms with Gasteiger partial charge in [-0.1, -0.05) is 38.1 Å². The topological polar surface area (TPSA) is 38.3 Å². The largest absolute Gasteiger partial charge is 0.497 e. The van der Waals surface area contributed by atoms with Crippen LogP contribution in [0.2, 0.25) is 0 Å². The van der Waals surface area contributed by atoms with Crippen molar-refractivity contribution >= 4 is 11.6 Å². The molecule has 0 unspecified atom stereocenters. The minimum atomic E-state index is -0.0320. The van der Waals surface area contributed by atoms with Crippen molar-refractivity contribution in [3.8, 4) is 16.9 Å². The maximum Gasteiger partial charge on any atom is 0.226 e. The first-order valence-corrected chi connectivity index (χ1v) is 6.65. The first kappa shape index (κ1) is 14.1. The average molecular weight is 269 g/mol. The monoisotopic (exact) mass is 269 g/mol. The molecule has 2 rings (SSSR count). The molecular weight excluding hydrogens is 250 g/mol. The Kier molecular flexibility index (Phi) is 4.41. The lowest BCUT2D eigenvalue weighted by molar-refractivity contribution is -0.118. The van der Waals surface area contributed by atoms with Crippen molar-refractivity contribution in [1.82, 2.24) is 0 Å². The molecule has 1 amide bonds. The number of hydrogen-bond acceptors (Lipinski definition) is 2. The van der Waals surface area contributed by atoms with E-state index in [1.54, 1.807) is 7.11 Å². The Bertz CT molecular complexity index is 605. The third-order valence-corrected chi connectivity index (χ3v) is 3.06. The van der Waals surface area contributed by atoms with Gasteiger partial charge >= 0.3 is 0 Å². The quantitative estimate of drug-likeness (QED) is 0.912. The Morgan fingerprint density at radius 3 is 2.35 bits per heavy atom. The molecule has 104 valence electrons. The molecule has 0 aliphatic carbocycles.